The molecule has 1 aliphatic heterocycles. The molecule has 1 saturated heterocycles. The molecular formula is C15H21N3O. The Hall–Kier alpha value is -1.39. The van der Waals surface area contributed by atoms with E-state index in [1.807, 2.05) is 17.8 Å². The van der Waals surface area contributed by atoms with Gasteiger partial charge < -0.3 is 5.11 Å². The van der Waals surface area contributed by atoms with Crippen LogP contribution in [0.1, 0.15) is 19.0 Å². The lowest BCUT2D eigenvalue weighted by atomic mass is 10.0. The van der Waals surface area contributed by atoms with Gasteiger partial charge in [0, 0.05) is 25.0 Å². The highest BCUT2D eigenvalue weighted by Gasteiger charge is 2.31. The number of likely N-dealkylation sites (tertiary alicyclic amines) is 1. The number of rotatable bonds is 3. The number of para-hydroxylation sites is 1. The summed E-state index contributed by atoms with van der Waals surface area (Å²) in [4.78, 5) is 2.36. The van der Waals surface area contributed by atoms with E-state index in [-0.39, 0.29) is 12.6 Å². The Kier molecular flexibility index (Phi) is 3.29. The highest BCUT2D eigenvalue weighted by atomic mass is 16.3. The molecule has 2 atom stereocenters. The van der Waals surface area contributed by atoms with Crippen LogP contribution in [0.2, 0.25) is 0 Å². The zero-order valence-electron chi connectivity index (χ0n) is 11.6. The van der Waals surface area contributed by atoms with Crippen molar-refractivity contribution in [3.63, 3.8) is 0 Å². The number of aliphatic hydroxyl groups excluding tert-OH is 1. The average molecular weight is 259 g/mol. The fourth-order valence-corrected chi connectivity index (χ4v) is 3.18. The van der Waals surface area contributed by atoms with E-state index in [9.17, 15) is 5.11 Å². The van der Waals surface area contributed by atoms with Crippen molar-refractivity contribution in [3.05, 3.63) is 30.0 Å². The summed E-state index contributed by atoms with van der Waals surface area (Å²) in [6.07, 6.45) is 1.16. The van der Waals surface area contributed by atoms with E-state index in [4.69, 9.17) is 0 Å². The van der Waals surface area contributed by atoms with Crippen LogP contribution >= 0.6 is 0 Å². The Morgan fingerprint density at radius 3 is 2.95 bits per heavy atom. The van der Waals surface area contributed by atoms with Crippen LogP contribution in [0.5, 0.6) is 0 Å². The van der Waals surface area contributed by atoms with Gasteiger partial charge in [-0.05, 0) is 24.9 Å². The highest BCUT2D eigenvalue weighted by molar-refractivity contribution is 5.81. The summed E-state index contributed by atoms with van der Waals surface area (Å²) in [6.45, 7) is 4.34. The largest absolute Gasteiger partial charge is 0.395 e. The topological polar surface area (TPSA) is 41.3 Å². The van der Waals surface area contributed by atoms with E-state index in [0.717, 1.165) is 25.2 Å². The number of fused-ring (bicyclic) bond motifs is 1. The van der Waals surface area contributed by atoms with Gasteiger partial charge in [0.1, 0.15) is 0 Å². The van der Waals surface area contributed by atoms with E-state index in [0.29, 0.717) is 5.92 Å². The van der Waals surface area contributed by atoms with E-state index < -0.39 is 0 Å². The van der Waals surface area contributed by atoms with E-state index in [1.54, 1.807) is 0 Å². The molecule has 19 heavy (non-hydrogen) atoms. The molecule has 2 heterocycles. The minimum atomic E-state index is 0.242. The van der Waals surface area contributed by atoms with Gasteiger partial charge in [0.2, 0.25) is 0 Å². The van der Waals surface area contributed by atoms with Crippen LogP contribution in [0.15, 0.2) is 24.3 Å². The quantitative estimate of drug-likeness (QED) is 0.913. The molecule has 2 unspecified atom stereocenters. The number of aromatic nitrogens is 2. The monoisotopic (exact) mass is 259 g/mol. The molecule has 0 saturated carbocycles. The minimum absolute atomic E-state index is 0.242. The molecule has 4 nitrogen and oxygen atoms in total. The molecule has 0 spiro atoms. The Morgan fingerprint density at radius 1 is 1.37 bits per heavy atom. The van der Waals surface area contributed by atoms with Crippen molar-refractivity contribution in [3.8, 4) is 0 Å². The molecule has 1 fully saturated rings. The van der Waals surface area contributed by atoms with Crippen molar-refractivity contribution in [2.75, 3.05) is 13.2 Å². The Bertz CT molecular complexity index is 578. The third-order valence-electron chi connectivity index (χ3n) is 4.37. The van der Waals surface area contributed by atoms with Gasteiger partial charge in [-0.3, -0.25) is 9.58 Å². The molecule has 2 aromatic rings. The van der Waals surface area contributed by atoms with Crippen LogP contribution < -0.4 is 0 Å². The fourth-order valence-electron chi connectivity index (χ4n) is 3.18. The van der Waals surface area contributed by atoms with Gasteiger partial charge in [0.05, 0.1) is 17.8 Å². The lowest BCUT2D eigenvalue weighted by Gasteiger charge is -2.24. The molecule has 1 aliphatic rings. The van der Waals surface area contributed by atoms with Crippen molar-refractivity contribution in [1.29, 1.82) is 0 Å². The first-order valence-electron chi connectivity index (χ1n) is 6.96. The fraction of sp³-hybridized carbons (Fsp3) is 0.533. The molecule has 0 radical (unpaired) electrons. The number of benzene rings is 1. The van der Waals surface area contributed by atoms with Crippen molar-refractivity contribution in [1.82, 2.24) is 14.7 Å². The summed E-state index contributed by atoms with van der Waals surface area (Å²) < 4.78 is 1.94. The number of hydrogen-bond donors (Lipinski definition) is 1. The maximum absolute atomic E-state index is 9.54. The van der Waals surface area contributed by atoms with Crippen LogP contribution in [-0.2, 0) is 13.6 Å². The SMILES string of the molecule is CC1CCN(Cc2nn(C)c3ccccc23)C1CO. The van der Waals surface area contributed by atoms with Crippen molar-refractivity contribution < 1.29 is 5.11 Å². The summed E-state index contributed by atoms with van der Waals surface area (Å²) in [7, 11) is 1.99. The zero-order valence-corrected chi connectivity index (χ0v) is 11.6. The summed E-state index contributed by atoms with van der Waals surface area (Å²) in [5.41, 5.74) is 2.29. The van der Waals surface area contributed by atoms with E-state index >= 15 is 0 Å². The van der Waals surface area contributed by atoms with Crippen molar-refractivity contribution in [2.24, 2.45) is 13.0 Å². The van der Waals surface area contributed by atoms with Gasteiger partial charge in [0.15, 0.2) is 0 Å². The van der Waals surface area contributed by atoms with Crippen LogP contribution in [0.25, 0.3) is 10.9 Å². The van der Waals surface area contributed by atoms with Gasteiger partial charge in [-0.15, -0.1) is 0 Å². The standard InChI is InChI=1S/C15H21N3O/c1-11-7-8-18(15(11)10-19)9-13-12-5-3-4-6-14(12)17(2)16-13/h3-6,11,15,19H,7-10H2,1-2H3. The molecular weight excluding hydrogens is 238 g/mol. The first kappa shape index (κ1) is 12.6. The minimum Gasteiger partial charge on any atom is -0.395 e. The molecule has 1 N–H and O–H groups in total. The second kappa shape index (κ2) is 4.94. The number of aryl methyl sites for hydroxylation is 1. The highest BCUT2D eigenvalue weighted by Crippen LogP contribution is 2.27. The lowest BCUT2D eigenvalue weighted by Crippen LogP contribution is -2.34. The maximum atomic E-state index is 9.54. The summed E-state index contributed by atoms with van der Waals surface area (Å²) in [5, 5.41) is 15.4. The second-order valence-electron chi connectivity index (χ2n) is 5.57. The van der Waals surface area contributed by atoms with E-state index in [2.05, 4.69) is 35.1 Å². The first-order chi connectivity index (χ1) is 9.20. The third kappa shape index (κ3) is 2.15. The molecule has 1 aromatic carbocycles. The predicted molar refractivity (Wildman–Crippen MR) is 75.8 cm³/mol. The van der Waals surface area contributed by atoms with Crippen LogP contribution in [0.3, 0.4) is 0 Å². The van der Waals surface area contributed by atoms with Gasteiger partial charge in [0.25, 0.3) is 0 Å². The molecule has 0 aliphatic carbocycles. The molecule has 3 rings (SSSR count). The van der Waals surface area contributed by atoms with Gasteiger partial charge >= 0.3 is 0 Å². The molecule has 1 aromatic heterocycles. The normalized spacial score (nSPS) is 24.4. The van der Waals surface area contributed by atoms with Gasteiger partial charge in [-0.25, -0.2) is 0 Å². The Morgan fingerprint density at radius 2 is 2.16 bits per heavy atom. The number of aliphatic hydroxyl groups is 1. The van der Waals surface area contributed by atoms with Gasteiger partial charge in [-0.2, -0.15) is 5.10 Å². The third-order valence-corrected chi connectivity index (χ3v) is 4.37. The van der Waals surface area contributed by atoms with Crippen LogP contribution in [-0.4, -0.2) is 39.0 Å². The molecule has 0 bridgehead atoms. The molecule has 4 heteroatoms. The molecule has 102 valence electrons. The maximum Gasteiger partial charge on any atom is 0.0843 e. The summed E-state index contributed by atoms with van der Waals surface area (Å²) in [6, 6.07) is 8.61. The van der Waals surface area contributed by atoms with Crippen molar-refractivity contribution in [2.45, 2.75) is 25.9 Å². The Balaban J connectivity index is 1.90. The van der Waals surface area contributed by atoms with E-state index in [1.165, 1.54) is 10.9 Å². The first-order valence-corrected chi connectivity index (χ1v) is 6.96. The smallest absolute Gasteiger partial charge is 0.0843 e. The zero-order chi connectivity index (χ0) is 13.4. The summed E-state index contributed by atoms with van der Waals surface area (Å²) in [5.74, 6) is 0.569. The van der Waals surface area contributed by atoms with Crippen LogP contribution in [0.4, 0.5) is 0 Å². The predicted octanol–water partition coefficient (Wildman–Crippen LogP) is 1.78. The number of hydrogen-bond acceptors (Lipinski definition) is 3. The number of nitrogens with zero attached hydrogens (tertiary/aromatic N) is 3. The Labute approximate surface area is 113 Å². The summed E-state index contributed by atoms with van der Waals surface area (Å²) >= 11 is 0. The van der Waals surface area contributed by atoms with Gasteiger partial charge in [-0.1, -0.05) is 25.1 Å². The second-order valence-corrected chi connectivity index (χ2v) is 5.57. The lowest BCUT2D eigenvalue weighted by molar-refractivity contribution is 0.133. The molecule has 0 amide bonds. The van der Waals surface area contributed by atoms with Crippen molar-refractivity contribution >= 4 is 10.9 Å². The average Bonchev–Trinajstić information content (AvgIpc) is 2.92. The van der Waals surface area contributed by atoms with Crippen LogP contribution in [0, 0.1) is 5.92 Å².